The van der Waals surface area contributed by atoms with Gasteiger partial charge in [-0.05, 0) is 31.4 Å². The Kier molecular flexibility index (Phi) is 6.97. The maximum absolute atomic E-state index is 11.2. The number of carboxylic acids is 1. The molecule has 0 aliphatic carbocycles. The molecule has 0 aliphatic rings. The molecule has 0 aromatic heterocycles. The lowest BCUT2D eigenvalue weighted by Gasteiger charge is -2.13. The molecule has 4 heteroatoms. The number of carbonyl (C=O) groups is 1. The molecule has 4 nitrogen and oxygen atoms in total. The van der Waals surface area contributed by atoms with E-state index in [9.17, 15) is 9.90 Å². The van der Waals surface area contributed by atoms with Crippen LogP contribution in [-0.2, 0) is 6.42 Å². The normalized spacial score (nSPS) is 10.4. The zero-order valence-electron chi connectivity index (χ0n) is 11.4. The first-order valence-electron chi connectivity index (χ1n) is 6.79. The highest BCUT2D eigenvalue weighted by Gasteiger charge is 2.14. The summed E-state index contributed by atoms with van der Waals surface area (Å²) in [7, 11) is 0. The average Bonchev–Trinajstić information content (AvgIpc) is 2.41. The predicted molar refractivity (Wildman–Crippen MR) is 73.8 cm³/mol. The van der Waals surface area contributed by atoms with Gasteiger partial charge in [-0.3, -0.25) is 0 Å². The van der Waals surface area contributed by atoms with Crippen molar-refractivity contribution in [2.75, 3.05) is 13.2 Å². The van der Waals surface area contributed by atoms with Crippen LogP contribution < -0.4 is 4.74 Å². The Morgan fingerprint density at radius 3 is 2.68 bits per heavy atom. The molecule has 1 aromatic carbocycles. The lowest BCUT2D eigenvalue weighted by Crippen LogP contribution is -2.07. The molecule has 0 bridgehead atoms. The summed E-state index contributed by atoms with van der Waals surface area (Å²) < 4.78 is 5.68. The molecule has 19 heavy (non-hydrogen) atoms. The van der Waals surface area contributed by atoms with E-state index in [-0.39, 0.29) is 12.2 Å². The number of unbranched alkanes of at least 4 members (excludes halogenated alkanes) is 2. The quantitative estimate of drug-likeness (QED) is 0.674. The van der Waals surface area contributed by atoms with Crippen LogP contribution in [-0.4, -0.2) is 29.4 Å². The molecule has 0 unspecified atom stereocenters. The van der Waals surface area contributed by atoms with E-state index in [0.29, 0.717) is 30.8 Å². The first kappa shape index (κ1) is 15.5. The van der Waals surface area contributed by atoms with Crippen LogP contribution in [0, 0.1) is 0 Å². The number of carboxylic acid groups (broad SMARTS) is 1. The summed E-state index contributed by atoms with van der Waals surface area (Å²) in [6.07, 6.45) is 4.24. The third-order valence-electron chi connectivity index (χ3n) is 2.95. The van der Waals surface area contributed by atoms with Gasteiger partial charge in [0.05, 0.1) is 12.2 Å². The topological polar surface area (TPSA) is 66.8 Å². The number of benzene rings is 1. The first-order valence-corrected chi connectivity index (χ1v) is 6.79. The van der Waals surface area contributed by atoms with Gasteiger partial charge in [-0.15, -0.1) is 0 Å². The van der Waals surface area contributed by atoms with Gasteiger partial charge in [-0.25, -0.2) is 4.79 Å². The Labute approximate surface area is 114 Å². The monoisotopic (exact) mass is 266 g/mol. The molecule has 0 saturated heterocycles. The van der Waals surface area contributed by atoms with Crippen molar-refractivity contribution in [3.05, 3.63) is 29.3 Å². The molecule has 0 heterocycles. The summed E-state index contributed by atoms with van der Waals surface area (Å²) >= 11 is 0. The van der Waals surface area contributed by atoms with E-state index >= 15 is 0 Å². The smallest absolute Gasteiger partial charge is 0.336 e. The van der Waals surface area contributed by atoms with E-state index in [4.69, 9.17) is 9.84 Å². The van der Waals surface area contributed by atoms with E-state index < -0.39 is 5.97 Å². The largest absolute Gasteiger partial charge is 0.493 e. The number of ether oxygens (including phenoxy) is 1. The minimum Gasteiger partial charge on any atom is -0.493 e. The van der Waals surface area contributed by atoms with Gasteiger partial charge in [0.25, 0.3) is 0 Å². The number of aliphatic hydroxyl groups is 1. The Bertz CT molecular complexity index is 401. The van der Waals surface area contributed by atoms with Gasteiger partial charge < -0.3 is 14.9 Å². The van der Waals surface area contributed by atoms with Crippen molar-refractivity contribution in [1.82, 2.24) is 0 Å². The third-order valence-corrected chi connectivity index (χ3v) is 2.95. The van der Waals surface area contributed by atoms with E-state index in [2.05, 4.69) is 6.92 Å². The molecule has 0 aliphatic heterocycles. The summed E-state index contributed by atoms with van der Waals surface area (Å²) in [5.41, 5.74) is 0.946. The maximum atomic E-state index is 11.2. The van der Waals surface area contributed by atoms with Gasteiger partial charge in [0.1, 0.15) is 5.75 Å². The van der Waals surface area contributed by atoms with Crippen LogP contribution >= 0.6 is 0 Å². The van der Waals surface area contributed by atoms with Crippen molar-refractivity contribution in [2.45, 2.75) is 39.0 Å². The van der Waals surface area contributed by atoms with Crippen LogP contribution in [0.3, 0.4) is 0 Å². The Hall–Kier alpha value is -1.55. The molecule has 0 amide bonds. The molecule has 1 rings (SSSR count). The maximum Gasteiger partial charge on any atom is 0.336 e. The van der Waals surface area contributed by atoms with E-state index in [0.717, 1.165) is 19.3 Å². The van der Waals surface area contributed by atoms with Crippen LogP contribution in [0.2, 0.25) is 0 Å². The molecular formula is C15H22O4. The fraction of sp³-hybridized carbons (Fsp3) is 0.533. The van der Waals surface area contributed by atoms with Crippen molar-refractivity contribution < 1.29 is 19.7 Å². The summed E-state index contributed by atoms with van der Waals surface area (Å²) in [5, 5.41) is 18.1. The number of aliphatic hydroxyl groups excluding tert-OH is 1. The van der Waals surface area contributed by atoms with Crippen LogP contribution in [0.1, 0.15) is 48.5 Å². The van der Waals surface area contributed by atoms with Crippen molar-refractivity contribution >= 4 is 5.97 Å². The summed E-state index contributed by atoms with van der Waals surface area (Å²) in [6, 6.07) is 5.07. The molecular weight excluding hydrogens is 244 g/mol. The fourth-order valence-electron chi connectivity index (χ4n) is 1.95. The van der Waals surface area contributed by atoms with Gasteiger partial charge in [-0.1, -0.05) is 25.8 Å². The van der Waals surface area contributed by atoms with Crippen molar-refractivity contribution in [3.63, 3.8) is 0 Å². The zero-order valence-corrected chi connectivity index (χ0v) is 11.4. The Morgan fingerprint density at radius 1 is 1.26 bits per heavy atom. The van der Waals surface area contributed by atoms with Gasteiger partial charge >= 0.3 is 5.97 Å². The lowest BCUT2D eigenvalue weighted by atomic mass is 10.0. The highest BCUT2D eigenvalue weighted by atomic mass is 16.5. The minimum absolute atomic E-state index is 0.0449. The van der Waals surface area contributed by atoms with Gasteiger partial charge in [0.15, 0.2) is 0 Å². The van der Waals surface area contributed by atoms with Gasteiger partial charge in [0.2, 0.25) is 0 Å². The highest BCUT2D eigenvalue weighted by Crippen LogP contribution is 2.24. The second-order valence-corrected chi connectivity index (χ2v) is 4.47. The molecule has 106 valence electrons. The highest BCUT2D eigenvalue weighted by molar-refractivity contribution is 5.90. The summed E-state index contributed by atoms with van der Waals surface area (Å²) in [5.74, 6) is -0.323. The number of aromatic carboxylic acids is 1. The summed E-state index contributed by atoms with van der Waals surface area (Å²) in [4.78, 5) is 11.2. The Balaban J connectivity index is 2.82. The number of rotatable bonds is 9. The van der Waals surface area contributed by atoms with Gasteiger partial charge in [0, 0.05) is 12.2 Å². The van der Waals surface area contributed by atoms with Crippen LogP contribution in [0.25, 0.3) is 0 Å². The Morgan fingerprint density at radius 2 is 2.05 bits per heavy atom. The fourth-order valence-corrected chi connectivity index (χ4v) is 1.95. The molecule has 2 N–H and O–H groups in total. The summed E-state index contributed by atoms with van der Waals surface area (Å²) in [6.45, 7) is 2.77. The van der Waals surface area contributed by atoms with Crippen molar-refractivity contribution in [1.29, 1.82) is 0 Å². The van der Waals surface area contributed by atoms with Crippen LogP contribution in [0.15, 0.2) is 18.2 Å². The van der Waals surface area contributed by atoms with E-state index in [1.807, 2.05) is 0 Å². The average molecular weight is 266 g/mol. The minimum atomic E-state index is -0.952. The van der Waals surface area contributed by atoms with Crippen molar-refractivity contribution in [2.24, 2.45) is 0 Å². The SMILES string of the molecule is CCCCCOc1cccc(C(=O)O)c1CCCO. The van der Waals surface area contributed by atoms with Crippen LogP contribution in [0.5, 0.6) is 5.75 Å². The van der Waals surface area contributed by atoms with E-state index in [1.54, 1.807) is 18.2 Å². The molecule has 0 fully saturated rings. The second-order valence-electron chi connectivity index (χ2n) is 4.47. The number of hydrogen-bond acceptors (Lipinski definition) is 3. The number of hydrogen-bond donors (Lipinski definition) is 2. The predicted octanol–water partition coefficient (Wildman–Crippen LogP) is 2.88. The first-order chi connectivity index (χ1) is 9.20. The molecule has 1 aromatic rings. The zero-order chi connectivity index (χ0) is 14.1. The molecule has 0 radical (unpaired) electrons. The molecule has 0 atom stereocenters. The molecule has 0 spiro atoms. The van der Waals surface area contributed by atoms with Gasteiger partial charge in [-0.2, -0.15) is 0 Å². The van der Waals surface area contributed by atoms with Crippen molar-refractivity contribution in [3.8, 4) is 5.75 Å². The lowest BCUT2D eigenvalue weighted by molar-refractivity contribution is 0.0694. The molecule has 0 saturated carbocycles. The van der Waals surface area contributed by atoms with E-state index in [1.165, 1.54) is 0 Å². The van der Waals surface area contributed by atoms with Crippen LogP contribution in [0.4, 0.5) is 0 Å². The standard InChI is InChI=1S/C15H22O4/c1-2-3-4-11-19-14-9-5-7-13(15(17)18)12(14)8-6-10-16/h5,7,9,16H,2-4,6,8,10-11H2,1H3,(H,17,18). The second kappa shape index (κ2) is 8.53. The third kappa shape index (κ3) is 4.91.